The SMILES string of the molecule is Clc1nccc(Nc2ccc3nccnc3c2)n1. The summed E-state index contributed by atoms with van der Waals surface area (Å²) < 4.78 is 0. The highest BCUT2D eigenvalue weighted by atomic mass is 35.5. The molecule has 0 saturated heterocycles. The molecule has 0 fully saturated rings. The Morgan fingerprint density at radius 2 is 1.72 bits per heavy atom. The molecule has 0 radical (unpaired) electrons. The zero-order valence-electron chi connectivity index (χ0n) is 9.21. The summed E-state index contributed by atoms with van der Waals surface area (Å²) in [6.07, 6.45) is 4.92. The van der Waals surface area contributed by atoms with Gasteiger partial charge in [-0.15, -0.1) is 0 Å². The molecule has 0 bridgehead atoms. The molecule has 0 spiro atoms. The summed E-state index contributed by atoms with van der Waals surface area (Å²) in [4.78, 5) is 16.3. The minimum Gasteiger partial charge on any atom is -0.340 e. The zero-order valence-corrected chi connectivity index (χ0v) is 9.96. The Kier molecular flexibility index (Phi) is 2.74. The van der Waals surface area contributed by atoms with Crippen LogP contribution in [0, 0.1) is 0 Å². The molecule has 6 heteroatoms. The topological polar surface area (TPSA) is 63.6 Å². The van der Waals surface area contributed by atoms with E-state index in [1.54, 1.807) is 24.7 Å². The summed E-state index contributed by atoms with van der Waals surface area (Å²) in [6, 6.07) is 7.45. The number of halogens is 1. The van der Waals surface area contributed by atoms with Crippen molar-refractivity contribution in [3.8, 4) is 0 Å². The molecule has 3 aromatic rings. The number of hydrogen-bond acceptors (Lipinski definition) is 5. The van der Waals surface area contributed by atoms with Crippen LogP contribution < -0.4 is 5.32 Å². The van der Waals surface area contributed by atoms with Crippen molar-refractivity contribution in [2.75, 3.05) is 5.32 Å². The van der Waals surface area contributed by atoms with Gasteiger partial charge in [-0.3, -0.25) is 9.97 Å². The molecule has 0 aliphatic rings. The average molecular weight is 258 g/mol. The third-order valence-corrected chi connectivity index (χ3v) is 2.55. The van der Waals surface area contributed by atoms with Crippen LogP contribution in [0.25, 0.3) is 11.0 Å². The Hall–Kier alpha value is -2.27. The maximum atomic E-state index is 5.72. The molecule has 88 valence electrons. The van der Waals surface area contributed by atoms with Gasteiger partial charge in [-0.1, -0.05) is 0 Å². The highest BCUT2D eigenvalue weighted by Gasteiger charge is 2.00. The lowest BCUT2D eigenvalue weighted by Crippen LogP contribution is -1.95. The molecular formula is C12H8ClN5. The smallest absolute Gasteiger partial charge is 0.224 e. The van der Waals surface area contributed by atoms with Gasteiger partial charge in [0.05, 0.1) is 11.0 Å². The Labute approximate surface area is 108 Å². The van der Waals surface area contributed by atoms with Gasteiger partial charge < -0.3 is 5.32 Å². The summed E-state index contributed by atoms with van der Waals surface area (Å²) in [5, 5.41) is 3.34. The molecule has 18 heavy (non-hydrogen) atoms. The van der Waals surface area contributed by atoms with Gasteiger partial charge in [-0.25, -0.2) is 9.97 Å². The van der Waals surface area contributed by atoms with Crippen molar-refractivity contribution >= 4 is 34.1 Å². The van der Waals surface area contributed by atoms with Gasteiger partial charge >= 0.3 is 0 Å². The third-order valence-electron chi connectivity index (χ3n) is 2.37. The van der Waals surface area contributed by atoms with Crippen LogP contribution in [0.3, 0.4) is 0 Å². The van der Waals surface area contributed by atoms with Gasteiger partial charge in [-0.2, -0.15) is 0 Å². The number of anilines is 2. The molecule has 0 aliphatic heterocycles. The van der Waals surface area contributed by atoms with Gasteiger partial charge in [0.1, 0.15) is 5.82 Å². The molecule has 0 aliphatic carbocycles. The van der Waals surface area contributed by atoms with Gasteiger partial charge in [0.2, 0.25) is 5.28 Å². The number of aromatic nitrogens is 4. The second-order valence-corrected chi connectivity index (χ2v) is 3.93. The predicted molar refractivity (Wildman–Crippen MR) is 69.9 cm³/mol. The molecule has 0 amide bonds. The quantitative estimate of drug-likeness (QED) is 0.715. The van der Waals surface area contributed by atoms with E-state index < -0.39 is 0 Å². The Morgan fingerprint density at radius 3 is 2.56 bits per heavy atom. The third kappa shape index (κ3) is 2.21. The van der Waals surface area contributed by atoms with E-state index in [9.17, 15) is 0 Å². The van der Waals surface area contributed by atoms with Gasteiger partial charge in [0, 0.05) is 24.3 Å². The maximum absolute atomic E-state index is 5.72. The molecule has 0 atom stereocenters. The number of benzene rings is 1. The van der Waals surface area contributed by atoms with E-state index in [1.165, 1.54) is 0 Å². The van der Waals surface area contributed by atoms with Crippen molar-refractivity contribution in [3.63, 3.8) is 0 Å². The highest BCUT2D eigenvalue weighted by molar-refractivity contribution is 6.28. The Bertz CT molecular complexity index is 701. The first-order valence-corrected chi connectivity index (χ1v) is 5.65. The number of rotatable bonds is 2. The van der Waals surface area contributed by atoms with Crippen LogP contribution in [0.15, 0.2) is 42.9 Å². The van der Waals surface area contributed by atoms with Gasteiger partial charge in [-0.05, 0) is 35.9 Å². The molecule has 0 unspecified atom stereocenters. The fourth-order valence-electron chi connectivity index (χ4n) is 1.59. The van der Waals surface area contributed by atoms with E-state index >= 15 is 0 Å². The van der Waals surface area contributed by atoms with E-state index in [4.69, 9.17) is 11.6 Å². The largest absolute Gasteiger partial charge is 0.340 e. The van der Waals surface area contributed by atoms with Crippen molar-refractivity contribution < 1.29 is 0 Å². The number of nitrogens with zero attached hydrogens (tertiary/aromatic N) is 4. The first kappa shape index (κ1) is 10.9. The number of hydrogen-bond donors (Lipinski definition) is 1. The van der Waals surface area contributed by atoms with E-state index in [0.29, 0.717) is 5.82 Å². The van der Waals surface area contributed by atoms with Crippen LogP contribution in [0.2, 0.25) is 5.28 Å². The molecular weight excluding hydrogens is 250 g/mol. The first-order valence-electron chi connectivity index (χ1n) is 5.27. The Morgan fingerprint density at radius 1 is 0.889 bits per heavy atom. The minimum atomic E-state index is 0.209. The first-order chi connectivity index (χ1) is 8.81. The molecule has 2 aromatic heterocycles. The van der Waals surface area contributed by atoms with Crippen molar-refractivity contribution in [1.29, 1.82) is 0 Å². The van der Waals surface area contributed by atoms with E-state index in [-0.39, 0.29) is 5.28 Å². The van der Waals surface area contributed by atoms with Crippen LogP contribution >= 0.6 is 11.6 Å². The lowest BCUT2D eigenvalue weighted by molar-refractivity contribution is 1.17. The van der Waals surface area contributed by atoms with Crippen LogP contribution in [0.4, 0.5) is 11.5 Å². The fraction of sp³-hybridized carbons (Fsp3) is 0. The maximum Gasteiger partial charge on any atom is 0.224 e. The summed E-state index contributed by atoms with van der Waals surface area (Å²) in [5.74, 6) is 0.637. The van der Waals surface area contributed by atoms with Gasteiger partial charge in [0.15, 0.2) is 0 Å². The minimum absolute atomic E-state index is 0.209. The lowest BCUT2D eigenvalue weighted by atomic mass is 10.2. The van der Waals surface area contributed by atoms with Crippen molar-refractivity contribution in [1.82, 2.24) is 19.9 Å². The normalized spacial score (nSPS) is 10.5. The van der Waals surface area contributed by atoms with Crippen LogP contribution in [0.1, 0.15) is 0 Å². The summed E-state index contributed by atoms with van der Waals surface area (Å²) in [7, 11) is 0. The summed E-state index contributed by atoms with van der Waals surface area (Å²) in [6.45, 7) is 0. The lowest BCUT2D eigenvalue weighted by Gasteiger charge is -2.05. The zero-order chi connectivity index (χ0) is 12.4. The van der Waals surface area contributed by atoms with Crippen molar-refractivity contribution in [3.05, 3.63) is 48.1 Å². The molecule has 3 rings (SSSR count). The van der Waals surface area contributed by atoms with Crippen LogP contribution in [-0.2, 0) is 0 Å². The van der Waals surface area contributed by atoms with Crippen molar-refractivity contribution in [2.45, 2.75) is 0 Å². The number of nitrogens with one attached hydrogen (secondary N) is 1. The van der Waals surface area contributed by atoms with Crippen LogP contribution in [0.5, 0.6) is 0 Å². The van der Waals surface area contributed by atoms with Crippen LogP contribution in [-0.4, -0.2) is 19.9 Å². The second-order valence-electron chi connectivity index (χ2n) is 3.60. The highest BCUT2D eigenvalue weighted by Crippen LogP contribution is 2.19. The van der Waals surface area contributed by atoms with E-state index in [1.807, 2.05) is 18.2 Å². The standard InChI is InChI=1S/C12H8ClN5/c13-12-16-4-3-11(18-12)17-8-1-2-9-10(7-8)15-6-5-14-9/h1-7H,(H,16,17,18). The molecule has 5 nitrogen and oxygen atoms in total. The Balaban J connectivity index is 1.95. The molecule has 1 N–H and O–H groups in total. The summed E-state index contributed by atoms with van der Waals surface area (Å²) >= 11 is 5.72. The fourth-order valence-corrected chi connectivity index (χ4v) is 1.74. The number of fused-ring (bicyclic) bond motifs is 1. The van der Waals surface area contributed by atoms with Crippen molar-refractivity contribution in [2.24, 2.45) is 0 Å². The second kappa shape index (κ2) is 4.54. The van der Waals surface area contributed by atoms with E-state index in [0.717, 1.165) is 16.7 Å². The molecule has 1 aromatic carbocycles. The molecule has 0 saturated carbocycles. The monoisotopic (exact) mass is 257 g/mol. The molecule has 2 heterocycles. The predicted octanol–water partition coefficient (Wildman–Crippen LogP) is 2.82. The average Bonchev–Trinajstić information content (AvgIpc) is 2.39. The van der Waals surface area contributed by atoms with Gasteiger partial charge in [0.25, 0.3) is 0 Å². The summed E-state index contributed by atoms with van der Waals surface area (Å²) in [5.41, 5.74) is 2.55. The van der Waals surface area contributed by atoms with E-state index in [2.05, 4.69) is 25.3 Å².